The molecule has 0 radical (unpaired) electrons. The molecule has 1 aromatic carbocycles. The molecule has 140 valence electrons. The van der Waals surface area contributed by atoms with Crippen LogP contribution in [0.4, 0.5) is 11.1 Å². The Balaban J connectivity index is 1.62. The van der Waals surface area contributed by atoms with Crippen molar-refractivity contribution in [1.29, 1.82) is 0 Å². The molecule has 7 nitrogen and oxygen atoms in total. The maximum atomic E-state index is 12.4. The quantitative estimate of drug-likeness (QED) is 0.787. The van der Waals surface area contributed by atoms with Gasteiger partial charge in [-0.2, -0.15) is 13.7 Å². The topological polar surface area (TPSA) is 69.6 Å². The zero-order valence-corrected chi connectivity index (χ0v) is 16.7. The molecule has 0 saturated carbocycles. The summed E-state index contributed by atoms with van der Waals surface area (Å²) in [6.07, 6.45) is 1.32. The molecule has 0 aliphatic carbocycles. The molecule has 0 bridgehead atoms. The molecule has 4 rings (SSSR count). The Morgan fingerprint density at radius 1 is 1.15 bits per heavy atom. The maximum absolute atomic E-state index is 12.4. The van der Waals surface area contributed by atoms with Crippen molar-refractivity contribution in [2.45, 2.75) is 6.04 Å². The van der Waals surface area contributed by atoms with Crippen molar-refractivity contribution in [3.05, 3.63) is 35.9 Å². The molecule has 26 heavy (non-hydrogen) atoms. The Morgan fingerprint density at radius 2 is 1.88 bits per heavy atom. The highest BCUT2D eigenvalue weighted by atomic mass is 32.2. The molecule has 2 fully saturated rings. The van der Waals surface area contributed by atoms with Crippen molar-refractivity contribution in [3.8, 4) is 0 Å². The molecule has 0 spiro atoms. The van der Waals surface area contributed by atoms with Gasteiger partial charge < -0.3 is 9.80 Å². The van der Waals surface area contributed by atoms with E-state index in [0.29, 0.717) is 12.5 Å². The van der Waals surface area contributed by atoms with Crippen molar-refractivity contribution in [2.75, 3.05) is 49.8 Å². The van der Waals surface area contributed by atoms with E-state index in [-0.39, 0.29) is 12.0 Å². The Kier molecular flexibility index (Phi) is 4.40. The van der Waals surface area contributed by atoms with Gasteiger partial charge in [-0.1, -0.05) is 30.3 Å². The largest absolute Gasteiger partial charge is 0.346 e. The smallest absolute Gasteiger partial charge is 0.238 e. The Bertz CT molecular complexity index is 884. The number of hydrogen-bond acceptors (Lipinski definition) is 7. The van der Waals surface area contributed by atoms with E-state index in [1.165, 1.54) is 17.8 Å². The lowest BCUT2D eigenvalue weighted by molar-refractivity contribution is 0.352. The number of aromatic nitrogens is 2. The summed E-state index contributed by atoms with van der Waals surface area (Å²) in [5, 5.41) is 0.917. The average molecular weight is 394 g/mol. The minimum absolute atomic E-state index is 0.109. The normalized spacial score (nSPS) is 26.3. The van der Waals surface area contributed by atoms with E-state index < -0.39 is 10.0 Å². The fraction of sp³-hybridized carbons (Fsp3) is 0.529. The predicted molar refractivity (Wildman–Crippen MR) is 104 cm³/mol. The van der Waals surface area contributed by atoms with Gasteiger partial charge in [-0.05, 0) is 11.5 Å². The highest BCUT2D eigenvalue weighted by molar-refractivity contribution is 7.88. The SMILES string of the molecule is CN(C)c1nsc(N2C[C@@H]3CN(S(C)(=O)=O)[C@@H](c4ccccc4)[C@@H]3C2)n1. The van der Waals surface area contributed by atoms with E-state index in [1.807, 2.05) is 49.3 Å². The van der Waals surface area contributed by atoms with Gasteiger partial charge in [0, 0.05) is 51.2 Å². The zero-order valence-electron chi connectivity index (χ0n) is 15.1. The van der Waals surface area contributed by atoms with Crippen molar-refractivity contribution in [2.24, 2.45) is 11.8 Å². The monoisotopic (exact) mass is 393 g/mol. The van der Waals surface area contributed by atoms with Gasteiger partial charge in [0.15, 0.2) is 0 Å². The summed E-state index contributed by atoms with van der Waals surface area (Å²) >= 11 is 1.41. The lowest BCUT2D eigenvalue weighted by atomic mass is 9.90. The molecule has 3 heterocycles. The summed E-state index contributed by atoms with van der Waals surface area (Å²) in [5.41, 5.74) is 1.07. The van der Waals surface area contributed by atoms with Crippen molar-refractivity contribution < 1.29 is 8.42 Å². The van der Waals surface area contributed by atoms with Gasteiger partial charge in [0.05, 0.1) is 12.3 Å². The van der Waals surface area contributed by atoms with Crippen LogP contribution in [0.25, 0.3) is 0 Å². The first-order valence-electron chi connectivity index (χ1n) is 8.62. The molecular weight excluding hydrogens is 370 g/mol. The molecule has 2 aliphatic rings. The van der Waals surface area contributed by atoms with Crippen LogP contribution in [-0.2, 0) is 10.0 Å². The fourth-order valence-electron chi connectivity index (χ4n) is 4.09. The van der Waals surface area contributed by atoms with E-state index in [1.54, 1.807) is 4.31 Å². The van der Waals surface area contributed by atoms with Crippen LogP contribution in [0.3, 0.4) is 0 Å². The molecule has 2 aliphatic heterocycles. The van der Waals surface area contributed by atoms with Crippen LogP contribution < -0.4 is 9.80 Å². The Morgan fingerprint density at radius 3 is 2.50 bits per heavy atom. The minimum Gasteiger partial charge on any atom is -0.346 e. The minimum atomic E-state index is -3.25. The molecule has 0 N–H and O–H groups in total. The molecule has 2 aromatic rings. The second-order valence-corrected chi connectivity index (χ2v) is 9.95. The zero-order chi connectivity index (χ0) is 18.5. The van der Waals surface area contributed by atoms with E-state index in [0.717, 1.165) is 29.7 Å². The Hall–Kier alpha value is -1.71. The summed E-state index contributed by atoms with van der Waals surface area (Å²) in [7, 11) is 0.613. The summed E-state index contributed by atoms with van der Waals surface area (Å²) in [6.45, 7) is 2.19. The average Bonchev–Trinajstić information content (AvgIpc) is 3.28. The molecule has 3 atom stereocenters. The first-order chi connectivity index (χ1) is 12.3. The summed E-state index contributed by atoms with van der Waals surface area (Å²) in [5.74, 6) is 1.29. The summed E-state index contributed by atoms with van der Waals surface area (Å²) < 4.78 is 30.8. The van der Waals surface area contributed by atoms with Crippen LogP contribution in [0, 0.1) is 11.8 Å². The third kappa shape index (κ3) is 3.08. The van der Waals surface area contributed by atoms with E-state index in [9.17, 15) is 8.42 Å². The van der Waals surface area contributed by atoms with Crippen LogP contribution >= 0.6 is 11.5 Å². The number of sulfonamides is 1. The van der Waals surface area contributed by atoms with Crippen LogP contribution in [0.2, 0.25) is 0 Å². The van der Waals surface area contributed by atoms with Crippen LogP contribution in [0.15, 0.2) is 30.3 Å². The third-order valence-corrected chi connectivity index (χ3v) is 7.26. The second-order valence-electron chi connectivity index (χ2n) is 7.29. The number of nitrogens with zero attached hydrogens (tertiary/aromatic N) is 5. The van der Waals surface area contributed by atoms with Gasteiger partial charge in [0.25, 0.3) is 0 Å². The highest BCUT2D eigenvalue weighted by Crippen LogP contribution is 2.47. The molecular formula is C17H23N5O2S2. The van der Waals surface area contributed by atoms with Crippen LogP contribution in [0.5, 0.6) is 0 Å². The molecule has 9 heteroatoms. The highest BCUT2D eigenvalue weighted by Gasteiger charge is 2.50. The number of benzene rings is 1. The van der Waals surface area contributed by atoms with Gasteiger partial charge in [0.1, 0.15) is 0 Å². The van der Waals surface area contributed by atoms with Gasteiger partial charge in [-0.25, -0.2) is 8.42 Å². The number of hydrogen-bond donors (Lipinski definition) is 0. The van der Waals surface area contributed by atoms with E-state index >= 15 is 0 Å². The lowest BCUT2D eigenvalue weighted by Gasteiger charge is -2.28. The molecule has 0 amide bonds. The number of rotatable bonds is 4. The van der Waals surface area contributed by atoms with E-state index in [2.05, 4.69) is 14.3 Å². The first-order valence-corrected chi connectivity index (χ1v) is 11.2. The van der Waals surface area contributed by atoms with Gasteiger partial charge >= 0.3 is 0 Å². The number of fused-ring (bicyclic) bond motifs is 1. The van der Waals surface area contributed by atoms with Gasteiger partial charge in [0.2, 0.25) is 21.1 Å². The third-order valence-electron chi connectivity index (χ3n) is 5.26. The predicted octanol–water partition coefficient (Wildman–Crippen LogP) is 1.67. The van der Waals surface area contributed by atoms with Crippen LogP contribution in [0.1, 0.15) is 11.6 Å². The van der Waals surface area contributed by atoms with Gasteiger partial charge in [-0.3, -0.25) is 0 Å². The standard InChI is InChI=1S/C17H23N5O2S2/c1-20(2)16-18-17(25-19-16)21-9-13-10-22(26(3,23)24)15(14(13)11-21)12-7-5-4-6-8-12/h4-8,13-15H,9-11H2,1-3H3/t13-,14-,15+/m1/s1. The second kappa shape index (κ2) is 6.47. The maximum Gasteiger partial charge on any atom is 0.238 e. The molecule has 2 saturated heterocycles. The summed E-state index contributed by atoms with van der Waals surface area (Å²) in [4.78, 5) is 8.77. The molecule has 1 aromatic heterocycles. The van der Waals surface area contributed by atoms with Gasteiger partial charge in [-0.15, -0.1) is 0 Å². The lowest BCUT2D eigenvalue weighted by Crippen LogP contribution is -2.35. The van der Waals surface area contributed by atoms with E-state index in [4.69, 9.17) is 0 Å². The number of anilines is 2. The Labute approximate surface area is 158 Å². The van der Waals surface area contributed by atoms with Crippen molar-refractivity contribution in [3.63, 3.8) is 0 Å². The van der Waals surface area contributed by atoms with Crippen molar-refractivity contribution >= 4 is 32.6 Å². The van der Waals surface area contributed by atoms with Crippen LogP contribution in [-0.4, -0.2) is 62.1 Å². The fourth-order valence-corrected chi connectivity index (χ4v) is 5.99. The summed E-state index contributed by atoms with van der Waals surface area (Å²) in [6, 6.07) is 9.87. The first kappa shape index (κ1) is 17.7. The van der Waals surface area contributed by atoms with Crippen molar-refractivity contribution in [1.82, 2.24) is 13.7 Å². The molecule has 0 unspecified atom stereocenters.